The van der Waals surface area contributed by atoms with Gasteiger partial charge in [0.2, 0.25) is 0 Å². The van der Waals surface area contributed by atoms with Gasteiger partial charge in [-0.05, 0) is 106 Å². The SMILES string of the molecule is CCCCC1CCC2CC(C3CCC(C(=O)Oc4ccc(Cl)cc4F)CC3)CCC2C1. The number of carbonyl (C=O) groups excluding carboxylic acids is 1. The number of halogens is 2. The second-order valence-corrected chi connectivity index (χ2v) is 11.0. The first-order chi connectivity index (χ1) is 15.0. The maximum Gasteiger partial charge on any atom is 0.314 e. The van der Waals surface area contributed by atoms with E-state index in [1.807, 2.05) is 0 Å². The van der Waals surface area contributed by atoms with E-state index in [9.17, 15) is 9.18 Å². The van der Waals surface area contributed by atoms with E-state index >= 15 is 0 Å². The molecule has 0 spiro atoms. The number of ether oxygens (including phenoxy) is 1. The molecule has 0 bridgehead atoms. The molecule has 0 saturated heterocycles. The summed E-state index contributed by atoms with van der Waals surface area (Å²) in [6.07, 6.45) is 16.8. The minimum absolute atomic E-state index is 0.00983. The number of esters is 1. The van der Waals surface area contributed by atoms with E-state index in [1.165, 1.54) is 69.9 Å². The maximum absolute atomic E-state index is 13.9. The van der Waals surface area contributed by atoms with Crippen LogP contribution in [0.1, 0.15) is 90.4 Å². The minimum Gasteiger partial charge on any atom is -0.423 e. The summed E-state index contributed by atoms with van der Waals surface area (Å²) in [6, 6.07) is 4.18. The lowest BCUT2D eigenvalue weighted by Gasteiger charge is -2.45. The van der Waals surface area contributed by atoms with Crippen LogP contribution in [0.3, 0.4) is 0 Å². The van der Waals surface area contributed by atoms with Crippen molar-refractivity contribution in [2.45, 2.75) is 90.4 Å². The van der Waals surface area contributed by atoms with Crippen LogP contribution in [-0.2, 0) is 4.79 Å². The molecule has 0 N–H and O–H groups in total. The summed E-state index contributed by atoms with van der Waals surface area (Å²) in [5.41, 5.74) is 0. The second kappa shape index (κ2) is 10.7. The zero-order chi connectivity index (χ0) is 21.8. The lowest BCUT2D eigenvalue weighted by Crippen LogP contribution is -2.35. The van der Waals surface area contributed by atoms with Gasteiger partial charge in [0.15, 0.2) is 11.6 Å². The first kappa shape index (κ1) is 23.1. The molecule has 4 atom stereocenters. The molecule has 1 aromatic carbocycles. The summed E-state index contributed by atoms with van der Waals surface area (Å²) in [5, 5.41) is 0.307. The monoisotopic (exact) mass is 448 g/mol. The van der Waals surface area contributed by atoms with Crippen LogP contribution < -0.4 is 4.74 Å². The number of rotatable bonds is 6. The van der Waals surface area contributed by atoms with Gasteiger partial charge < -0.3 is 4.74 Å². The fraction of sp³-hybridized carbons (Fsp3) is 0.741. The fourth-order valence-corrected chi connectivity index (χ4v) is 6.94. The number of unbranched alkanes of at least 4 members (excludes halogenated alkanes) is 1. The van der Waals surface area contributed by atoms with Crippen molar-refractivity contribution in [3.63, 3.8) is 0 Å². The number of carbonyl (C=O) groups is 1. The smallest absolute Gasteiger partial charge is 0.314 e. The third-order valence-electron chi connectivity index (χ3n) is 8.60. The van der Waals surface area contributed by atoms with Crippen LogP contribution in [0.2, 0.25) is 5.02 Å². The molecule has 3 saturated carbocycles. The normalized spacial score (nSPS) is 33.5. The van der Waals surface area contributed by atoms with Gasteiger partial charge in [-0.25, -0.2) is 4.39 Å². The summed E-state index contributed by atoms with van der Waals surface area (Å²) in [7, 11) is 0. The van der Waals surface area contributed by atoms with Crippen LogP contribution in [0.25, 0.3) is 0 Å². The average Bonchev–Trinajstić information content (AvgIpc) is 2.79. The van der Waals surface area contributed by atoms with Gasteiger partial charge in [0, 0.05) is 5.02 Å². The highest BCUT2D eigenvalue weighted by molar-refractivity contribution is 6.30. The molecular formula is C27H38ClFO2. The van der Waals surface area contributed by atoms with Gasteiger partial charge in [0.1, 0.15) is 0 Å². The first-order valence-corrected chi connectivity index (χ1v) is 13.1. The molecule has 3 fully saturated rings. The Morgan fingerprint density at radius 1 is 0.968 bits per heavy atom. The van der Waals surface area contributed by atoms with E-state index in [4.69, 9.17) is 16.3 Å². The van der Waals surface area contributed by atoms with Crippen LogP contribution in [0.15, 0.2) is 18.2 Å². The third-order valence-corrected chi connectivity index (χ3v) is 8.84. The van der Waals surface area contributed by atoms with Gasteiger partial charge in [-0.1, -0.05) is 44.2 Å². The van der Waals surface area contributed by atoms with Gasteiger partial charge in [0.05, 0.1) is 5.92 Å². The molecule has 4 heteroatoms. The molecule has 4 unspecified atom stereocenters. The number of benzene rings is 1. The Morgan fingerprint density at radius 2 is 1.61 bits per heavy atom. The van der Waals surface area contributed by atoms with Crippen molar-refractivity contribution in [2.75, 3.05) is 0 Å². The fourth-order valence-electron chi connectivity index (χ4n) is 6.78. The van der Waals surface area contributed by atoms with E-state index in [0.717, 1.165) is 55.3 Å². The Bertz CT molecular complexity index is 743. The molecule has 4 rings (SSSR count). The summed E-state index contributed by atoms with van der Waals surface area (Å²) >= 11 is 5.78. The van der Waals surface area contributed by atoms with E-state index in [1.54, 1.807) is 6.07 Å². The lowest BCUT2D eigenvalue weighted by atomic mass is 9.60. The van der Waals surface area contributed by atoms with Crippen molar-refractivity contribution in [1.29, 1.82) is 0 Å². The molecule has 172 valence electrons. The summed E-state index contributed by atoms with van der Waals surface area (Å²) in [5.74, 6) is 3.56. The molecule has 0 heterocycles. The molecule has 0 aliphatic heterocycles. The quantitative estimate of drug-likeness (QED) is 0.323. The lowest BCUT2D eigenvalue weighted by molar-refractivity contribution is -0.140. The topological polar surface area (TPSA) is 26.3 Å². The Kier molecular flexibility index (Phi) is 7.96. The summed E-state index contributed by atoms with van der Waals surface area (Å²) in [4.78, 5) is 12.6. The molecular weight excluding hydrogens is 411 g/mol. The minimum atomic E-state index is -0.573. The number of hydrogen-bond donors (Lipinski definition) is 0. The van der Waals surface area contributed by atoms with Gasteiger partial charge in [0.25, 0.3) is 0 Å². The van der Waals surface area contributed by atoms with E-state index in [2.05, 4.69) is 6.92 Å². The van der Waals surface area contributed by atoms with Crippen molar-refractivity contribution < 1.29 is 13.9 Å². The Labute approximate surface area is 192 Å². The molecule has 3 aliphatic rings. The van der Waals surface area contributed by atoms with Crippen LogP contribution in [0.5, 0.6) is 5.75 Å². The molecule has 31 heavy (non-hydrogen) atoms. The van der Waals surface area contributed by atoms with E-state index in [0.29, 0.717) is 5.02 Å². The van der Waals surface area contributed by atoms with Crippen molar-refractivity contribution in [1.82, 2.24) is 0 Å². The van der Waals surface area contributed by atoms with Crippen molar-refractivity contribution in [3.05, 3.63) is 29.0 Å². The van der Waals surface area contributed by atoms with Crippen LogP contribution in [-0.4, -0.2) is 5.97 Å². The maximum atomic E-state index is 13.9. The highest BCUT2D eigenvalue weighted by Gasteiger charge is 2.39. The Hall–Kier alpha value is -1.09. The second-order valence-electron chi connectivity index (χ2n) is 10.5. The van der Waals surface area contributed by atoms with Crippen molar-refractivity contribution in [3.8, 4) is 5.75 Å². The van der Waals surface area contributed by atoms with Crippen LogP contribution in [0.4, 0.5) is 4.39 Å². The molecule has 3 aliphatic carbocycles. The van der Waals surface area contributed by atoms with Gasteiger partial charge in [-0.15, -0.1) is 0 Å². The molecule has 0 aromatic heterocycles. The Balaban J connectivity index is 1.23. The van der Waals surface area contributed by atoms with E-state index < -0.39 is 5.82 Å². The van der Waals surface area contributed by atoms with Crippen molar-refractivity contribution in [2.24, 2.45) is 35.5 Å². The van der Waals surface area contributed by atoms with E-state index in [-0.39, 0.29) is 17.6 Å². The van der Waals surface area contributed by atoms with Gasteiger partial charge in [-0.3, -0.25) is 4.79 Å². The zero-order valence-corrected chi connectivity index (χ0v) is 19.7. The van der Waals surface area contributed by atoms with Crippen LogP contribution >= 0.6 is 11.6 Å². The number of hydrogen-bond acceptors (Lipinski definition) is 2. The third kappa shape index (κ3) is 5.83. The first-order valence-electron chi connectivity index (χ1n) is 12.7. The van der Waals surface area contributed by atoms with Gasteiger partial charge >= 0.3 is 5.97 Å². The van der Waals surface area contributed by atoms with Crippen molar-refractivity contribution >= 4 is 17.6 Å². The molecule has 0 radical (unpaired) electrons. The molecule has 2 nitrogen and oxygen atoms in total. The van der Waals surface area contributed by atoms with Crippen LogP contribution in [0, 0.1) is 41.3 Å². The average molecular weight is 449 g/mol. The number of fused-ring (bicyclic) bond motifs is 1. The Morgan fingerprint density at radius 3 is 2.32 bits per heavy atom. The predicted molar refractivity (Wildman–Crippen MR) is 124 cm³/mol. The molecule has 0 amide bonds. The highest BCUT2D eigenvalue weighted by Crippen LogP contribution is 2.49. The standard InChI is InChI=1S/C27H38ClFO2/c1-2-3-4-18-5-6-23-16-22(12-11-21(23)15-18)19-7-9-20(10-8-19)27(30)31-26-14-13-24(28)17-25(26)29/h13-14,17-23H,2-12,15-16H2,1H3. The largest absolute Gasteiger partial charge is 0.423 e. The van der Waals surface area contributed by atoms with Gasteiger partial charge in [-0.2, -0.15) is 0 Å². The predicted octanol–water partition coefficient (Wildman–Crippen LogP) is 8.21. The highest BCUT2D eigenvalue weighted by atomic mass is 35.5. The summed E-state index contributed by atoms with van der Waals surface area (Å²) in [6.45, 7) is 2.31. The zero-order valence-electron chi connectivity index (χ0n) is 19.0. The molecule has 1 aromatic rings. The summed E-state index contributed by atoms with van der Waals surface area (Å²) < 4.78 is 19.3.